The molecule has 110 valence electrons. The van der Waals surface area contributed by atoms with Crippen LogP contribution in [0, 0.1) is 5.41 Å². The van der Waals surface area contributed by atoms with E-state index < -0.39 is 11.4 Å². The molecule has 0 spiro atoms. The van der Waals surface area contributed by atoms with Crippen molar-refractivity contribution in [3.63, 3.8) is 0 Å². The number of hydrogen-bond acceptors (Lipinski definition) is 3. The highest BCUT2D eigenvalue weighted by atomic mass is 16.5. The predicted molar refractivity (Wildman–Crippen MR) is 71.9 cm³/mol. The van der Waals surface area contributed by atoms with Crippen LogP contribution in [0.2, 0.25) is 0 Å². The van der Waals surface area contributed by atoms with E-state index in [-0.39, 0.29) is 17.9 Å². The van der Waals surface area contributed by atoms with Gasteiger partial charge in [-0.1, -0.05) is 13.8 Å². The lowest BCUT2D eigenvalue weighted by atomic mass is 9.79. The van der Waals surface area contributed by atoms with Crippen molar-refractivity contribution in [3.8, 4) is 0 Å². The minimum absolute atomic E-state index is 0.0748. The zero-order valence-electron chi connectivity index (χ0n) is 12.4. The number of nitrogens with zero attached hydrogens (tertiary/aromatic N) is 1. The highest BCUT2D eigenvalue weighted by Crippen LogP contribution is 2.32. The topological polar surface area (TPSA) is 66.8 Å². The molecular weight excluding hydrogens is 246 g/mol. The van der Waals surface area contributed by atoms with E-state index in [1.54, 1.807) is 4.90 Å². The fourth-order valence-electron chi connectivity index (χ4n) is 2.51. The van der Waals surface area contributed by atoms with Gasteiger partial charge in [0.05, 0.1) is 17.6 Å². The minimum atomic E-state index is -0.931. The molecule has 0 unspecified atom stereocenters. The van der Waals surface area contributed by atoms with Crippen molar-refractivity contribution in [3.05, 3.63) is 0 Å². The summed E-state index contributed by atoms with van der Waals surface area (Å²) in [6, 6.07) is 0. The summed E-state index contributed by atoms with van der Waals surface area (Å²) in [4.78, 5) is 25.5. The van der Waals surface area contributed by atoms with Gasteiger partial charge in [-0.15, -0.1) is 0 Å². The summed E-state index contributed by atoms with van der Waals surface area (Å²) in [6.45, 7) is 9.12. The third-order valence-corrected chi connectivity index (χ3v) is 4.08. The van der Waals surface area contributed by atoms with E-state index in [1.165, 1.54) is 0 Å². The van der Waals surface area contributed by atoms with Gasteiger partial charge in [-0.3, -0.25) is 9.59 Å². The van der Waals surface area contributed by atoms with Crippen LogP contribution in [0.5, 0.6) is 0 Å². The molecule has 1 amide bonds. The number of rotatable bonds is 5. The molecular formula is C14H25NO4. The third kappa shape index (κ3) is 3.69. The fraction of sp³-hybridized carbons (Fsp3) is 0.857. The van der Waals surface area contributed by atoms with E-state index in [1.807, 2.05) is 27.7 Å². The van der Waals surface area contributed by atoms with Crippen molar-refractivity contribution < 1.29 is 19.4 Å². The third-order valence-electron chi connectivity index (χ3n) is 4.08. The van der Waals surface area contributed by atoms with Crippen LogP contribution in [0.15, 0.2) is 0 Å². The highest BCUT2D eigenvalue weighted by Gasteiger charge is 2.40. The van der Waals surface area contributed by atoms with Gasteiger partial charge in [0.1, 0.15) is 0 Å². The Bertz CT molecular complexity index is 347. The number of carbonyl (C=O) groups is 2. The highest BCUT2D eigenvalue weighted by molar-refractivity contribution is 5.85. The molecule has 5 heteroatoms. The zero-order chi connectivity index (χ0) is 14.7. The van der Waals surface area contributed by atoms with Gasteiger partial charge in [0.25, 0.3) is 0 Å². The van der Waals surface area contributed by atoms with E-state index in [4.69, 9.17) is 4.74 Å². The maximum Gasteiger partial charge on any atom is 0.310 e. The Morgan fingerprint density at radius 3 is 2.32 bits per heavy atom. The Labute approximate surface area is 114 Å². The van der Waals surface area contributed by atoms with Crippen molar-refractivity contribution in [2.24, 2.45) is 5.41 Å². The maximum absolute atomic E-state index is 12.3. The number of carboxylic acid groups (broad SMARTS) is 1. The summed E-state index contributed by atoms with van der Waals surface area (Å²) in [5, 5.41) is 9.38. The Morgan fingerprint density at radius 2 is 1.89 bits per heavy atom. The molecule has 0 radical (unpaired) electrons. The molecule has 1 saturated heterocycles. The van der Waals surface area contributed by atoms with Gasteiger partial charge in [0, 0.05) is 19.5 Å². The van der Waals surface area contributed by atoms with Gasteiger partial charge in [0.15, 0.2) is 0 Å². The second-order valence-corrected chi connectivity index (χ2v) is 5.89. The molecule has 0 aliphatic carbocycles. The van der Waals surface area contributed by atoms with Crippen molar-refractivity contribution in [2.75, 3.05) is 19.7 Å². The van der Waals surface area contributed by atoms with E-state index in [2.05, 4.69) is 0 Å². The van der Waals surface area contributed by atoms with Gasteiger partial charge >= 0.3 is 5.97 Å². The molecule has 1 heterocycles. The van der Waals surface area contributed by atoms with Crippen molar-refractivity contribution in [2.45, 2.75) is 52.6 Å². The van der Waals surface area contributed by atoms with Gasteiger partial charge in [-0.05, 0) is 26.7 Å². The van der Waals surface area contributed by atoms with Crippen LogP contribution < -0.4 is 0 Å². The van der Waals surface area contributed by atoms with Gasteiger partial charge < -0.3 is 14.7 Å². The zero-order valence-corrected chi connectivity index (χ0v) is 12.4. The molecule has 1 fully saturated rings. The van der Waals surface area contributed by atoms with Crippen molar-refractivity contribution in [1.82, 2.24) is 4.90 Å². The first kappa shape index (κ1) is 16.0. The number of carbonyl (C=O) groups excluding carboxylic acids is 1. The van der Waals surface area contributed by atoms with E-state index >= 15 is 0 Å². The first-order valence-electron chi connectivity index (χ1n) is 6.91. The Balaban J connectivity index is 2.75. The number of ether oxygens (including phenoxy) is 1. The quantitative estimate of drug-likeness (QED) is 0.829. The summed E-state index contributed by atoms with van der Waals surface area (Å²) in [5.74, 6) is -0.958. The lowest BCUT2D eigenvalue weighted by molar-refractivity contribution is -0.158. The van der Waals surface area contributed by atoms with Gasteiger partial charge in [-0.2, -0.15) is 0 Å². The number of carboxylic acids is 1. The summed E-state index contributed by atoms with van der Waals surface area (Å²) < 4.78 is 5.57. The summed E-state index contributed by atoms with van der Waals surface area (Å²) in [7, 11) is 0. The summed E-state index contributed by atoms with van der Waals surface area (Å²) in [6.07, 6.45) is 1.02. The number of aliphatic carboxylic acids is 1. The summed E-state index contributed by atoms with van der Waals surface area (Å²) in [5.41, 5.74) is -1.28. The van der Waals surface area contributed by atoms with Crippen LogP contribution in [0.4, 0.5) is 0 Å². The van der Waals surface area contributed by atoms with Crippen LogP contribution in [0.1, 0.15) is 47.0 Å². The normalized spacial score (nSPS) is 19.3. The largest absolute Gasteiger partial charge is 0.481 e. The van der Waals surface area contributed by atoms with Crippen LogP contribution in [0.3, 0.4) is 0 Å². The molecule has 0 saturated carbocycles. The second-order valence-electron chi connectivity index (χ2n) is 5.89. The summed E-state index contributed by atoms with van der Waals surface area (Å²) >= 11 is 0. The van der Waals surface area contributed by atoms with Gasteiger partial charge in [0.2, 0.25) is 5.91 Å². The lowest BCUT2D eigenvalue weighted by Crippen LogP contribution is -2.51. The van der Waals surface area contributed by atoms with E-state index in [0.29, 0.717) is 32.5 Å². The fourth-order valence-corrected chi connectivity index (χ4v) is 2.51. The number of hydrogen-bond donors (Lipinski definition) is 1. The molecule has 1 rings (SSSR count). The molecule has 0 aromatic heterocycles. The average Bonchev–Trinajstić information content (AvgIpc) is 2.34. The molecule has 19 heavy (non-hydrogen) atoms. The minimum Gasteiger partial charge on any atom is -0.481 e. The lowest BCUT2D eigenvalue weighted by Gasteiger charge is -2.39. The molecule has 0 aromatic rings. The SMILES string of the molecule is CCC(CC)(CC(=O)N1CCOC(C)(C)C1)C(=O)O. The maximum atomic E-state index is 12.3. The van der Waals surface area contributed by atoms with Crippen LogP contribution in [-0.2, 0) is 14.3 Å². The van der Waals surface area contributed by atoms with Crippen LogP contribution in [-0.4, -0.2) is 47.2 Å². The molecule has 1 N–H and O–H groups in total. The van der Waals surface area contributed by atoms with Crippen molar-refractivity contribution in [1.29, 1.82) is 0 Å². The Hall–Kier alpha value is -1.10. The Morgan fingerprint density at radius 1 is 1.32 bits per heavy atom. The van der Waals surface area contributed by atoms with Crippen LogP contribution in [0.25, 0.3) is 0 Å². The van der Waals surface area contributed by atoms with Crippen molar-refractivity contribution >= 4 is 11.9 Å². The standard InChI is InChI=1S/C14H25NO4/c1-5-14(6-2,12(17)18)9-11(16)15-7-8-19-13(3,4)10-15/h5-10H2,1-4H3,(H,17,18). The molecule has 0 bridgehead atoms. The second kappa shape index (κ2) is 5.90. The molecule has 0 aromatic carbocycles. The molecule has 0 atom stereocenters. The molecule has 1 aliphatic heterocycles. The van der Waals surface area contributed by atoms with E-state index in [0.717, 1.165) is 0 Å². The first-order valence-corrected chi connectivity index (χ1v) is 6.91. The van der Waals surface area contributed by atoms with Gasteiger partial charge in [-0.25, -0.2) is 0 Å². The monoisotopic (exact) mass is 271 g/mol. The Kier molecular flexibility index (Phi) is 4.96. The predicted octanol–water partition coefficient (Wildman–Crippen LogP) is 1.90. The smallest absolute Gasteiger partial charge is 0.310 e. The average molecular weight is 271 g/mol. The van der Waals surface area contributed by atoms with Crippen LogP contribution >= 0.6 is 0 Å². The number of morpholine rings is 1. The molecule has 1 aliphatic rings. The van der Waals surface area contributed by atoms with E-state index in [9.17, 15) is 14.7 Å². The number of amides is 1. The first-order chi connectivity index (χ1) is 8.76. The molecule has 5 nitrogen and oxygen atoms in total.